The number of nitrogens with one attached hydrogen (secondary N) is 1. The standard InChI is InChI=1S/C16H27NO2S/c1-12-7-13(2)9-16(8-12)19-11-15(18)10-17-6-5-14(3)20-4/h7-9,14-15,17-18H,5-6,10-11H2,1-4H3. The minimum atomic E-state index is -0.472. The largest absolute Gasteiger partial charge is 0.491 e. The molecule has 0 spiro atoms. The molecular formula is C16H27NO2S. The van der Waals surface area contributed by atoms with Crippen LogP contribution in [0.3, 0.4) is 0 Å². The predicted molar refractivity (Wildman–Crippen MR) is 87.9 cm³/mol. The van der Waals surface area contributed by atoms with Crippen LogP contribution in [0.1, 0.15) is 24.5 Å². The first-order valence-electron chi connectivity index (χ1n) is 7.14. The average molecular weight is 297 g/mol. The van der Waals surface area contributed by atoms with Gasteiger partial charge in [-0.3, -0.25) is 0 Å². The Morgan fingerprint density at radius 3 is 2.50 bits per heavy atom. The van der Waals surface area contributed by atoms with Crippen LogP contribution < -0.4 is 10.1 Å². The van der Waals surface area contributed by atoms with Crippen LogP contribution in [-0.4, -0.2) is 42.4 Å². The normalized spacial score (nSPS) is 14.1. The number of hydrogen-bond acceptors (Lipinski definition) is 4. The summed E-state index contributed by atoms with van der Waals surface area (Å²) < 4.78 is 5.63. The predicted octanol–water partition coefficient (Wildman–Crippen LogP) is 2.77. The topological polar surface area (TPSA) is 41.5 Å². The Balaban J connectivity index is 2.21. The van der Waals surface area contributed by atoms with Crippen molar-refractivity contribution in [2.75, 3.05) is 26.0 Å². The molecule has 2 atom stereocenters. The van der Waals surface area contributed by atoms with Gasteiger partial charge in [0.25, 0.3) is 0 Å². The summed E-state index contributed by atoms with van der Waals surface area (Å²) in [6, 6.07) is 6.10. The van der Waals surface area contributed by atoms with Crippen LogP contribution in [-0.2, 0) is 0 Å². The second-order valence-electron chi connectivity index (χ2n) is 5.33. The minimum Gasteiger partial charge on any atom is -0.491 e. The van der Waals surface area contributed by atoms with E-state index in [0.29, 0.717) is 18.4 Å². The summed E-state index contributed by atoms with van der Waals surface area (Å²) >= 11 is 1.87. The molecule has 0 saturated carbocycles. The lowest BCUT2D eigenvalue weighted by atomic mass is 10.1. The van der Waals surface area contributed by atoms with E-state index >= 15 is 0 Å². The van der Waals surface area contributed by atoms with Gasteiger partial charge in [-0.05, 0) is 56.3 Å². The van der Waals surface area contributed by atoms with E-state index in [1.165, 1.54) is 11.1 Å². The molecular weight excluding hydrogens is 270 g/mol. The number of benzene rings is 1. The second kappa shape index (κ2) is 9.27. The molecule has 0 saturated heterocycles. The molecule has 0 aromatic heterocycles. The summed E-state index contributed by atoms with van der Waals surface area (Å²) in [7, 11) is 0. The molecule has 0 aliphatic heterocycles. The number of aryl methyl sites for hydroxylation is 2. The van der Waals surface area contributed by atoms with Gasteiger partial charge in [0.2, 0.25) is 0 Å². The molecule has 1 aromatic carbocycles. The van der Waals surface area contributed by atoms with Crippen LogP contribution in [0.4, 0.5) is 0 Å². The van der Waals surface area contributed by atoms with E-state index in [1.807, 2.05) is 37.7 Å². The first kappa shape index (κ1) is 17.3. The van der Waals surface area contributed by atoms with Gasteiger partial charge in [-0.2, -0.15) is 11.8 Å². The highest BCUT2D eigenvalue weighted by atomic mass is 32.2. The van der Waals surface area contributed by atoms with Gasteiger partial charge in [-0.25, -0.2) is 0 Å². The van der Waals surface area contributed by atoms with Crippen molar-refractivity contribution in [3.63, 3.8) is 0 Å². The maximum absolute atomic E-state index is 9.88. The van der Waals surface area contributed by atoms with E-state index in [0.717, 1.165) is 18.7 Å². The average Bonchev–Trinajstić information content (AvgIpc) is 2.40. The lowest BCUT2D eigenvalue weighted by Gasteiger charge is -2.15. The zero-order valence-corrected chi connectivity index (χ0v) is 13.8. The van der Waals surface area contributed by atoms with Gasteiger partial charge in [0.05, 0.1) is 0 Å². The third kappa shape index (κ3) is 7.17. The Labute approximate surface area is 127 Å². The van der Waals surface area contributed by atoms with Gasteiger partial charge in [0, 0.05) is 11.8 Å². The molecule has 0 heterocycles. The van der Waals surface area contributed by atoms with Crippen LogP contribution in [0.5, 0.6) is 5.75 Å². The van der Waals surface area contributed by atoms with Crippen LogP contribution in [0.15, 0.2) is 18.2 Å². The highest BCUT2D eigenvalue weighted by Crippen LogP contribution is 2.16. The fourth-order valence-corrected chi connectivity index (χ4v) is 2.31. The molecule has 0 fully saturated rings. The number of aliphatic hydroxyl groups is 1. The van der Waals surface area contributed by atoms with Crippen molar-refractivity contribution < 1.29 is 9.84 Å². The lowest BCUT2D eigenvalue weighted by molar-refractivity contribution is 0.106. The van der Waals surface area contributed by atoms with Crippen molar-refractivity contribution in [2.45, 2.75) is 38.5 Å². The molecule has 1 rings (SSSR count). The van der Waals surface area contributed by atoms with Crippen molar-refractivity contribution in [1.29, 1.82) is 0 Å². The maximum Gasteiger partial charge on any atom is 0.119 e. The van der Waals surface area contributed by atoms with Gasteiger partial charge in [0.1, 0.15) is 18.5 Å². The van der Waals surface area contributed by atoms with E-state index in [9.17, 15) is 5.11 Å². The molecule has 0 bridgehead atoms. The quantitative estimate of drug-likeness (QED) is 0.688. The van der Waals surface area contributed by atoms with E-state index < -0.39 is 6.10 Å². The number of hydrogen-bond donors (Lipinski definition) is 2. The van der Waals surface area contributed by atoms with Crippen LogP contribution in [0.2, 0.25) is 0 Å². The van der Waals surface area contributed by atoms with E-state index in [4.69, 9.17) is 4.74 Å². The van der Waals surface area contributed by atoms with Crippen molar-refractivity contribution in [2.24, 2.45) is 0 Å². The lowest BCUT2D eigenvalue weighted by Crippen LogP contribution is -2.32. The molecule has 0 aliphatic rings. The van der Waals surface area contributed by atoms with Gasteiger partial charge in [-0.1, -0.05) is 13.0 Å². The Kier molecular flexibility index (Phi) is 8.04. The Bertz CT molecular complexity index is 378. The third-order valence-electron chi connectivity index (χ3n) is 3.15. The van der Waals surface area contributed by atoms with Crippen molar-refractivity contribution in [1.82, 2.24) is 5.32 Å². The second-order valence-corrected chi connectivity index (χ2v) is 6.60. The molecule has 2 unspecified atom stereocenters. The Morgan fingerprint density at radius 2 is 1.90 bits per heavy atom. The van der Waals surface area contributed by atoms with Crippen LogP contribution in [0.25, 0.3) is 0 Å². The van der Waals surface area contributed by atoms with E-state index in [-0.39, 0.29) is 0 Å². The van der Waals surface area contributed by atoms with Crippen molar-refractivity contribution in [3.05, 3.63) is 29.3 Å². The molecule has 3 nitrogen and oxygen atoms in total. The van der Waals surface area contributed by atoms with Gasteiger partial charge in [-0.15, -0.1) is 0 Å². The highest BCUT2D eigenvalue weighted by Gasteiger charge is 2.06. The number of rotatable bonds is 9. The summed E-state index contributed by atoms with van der Waals surface area (Å²) in [6.07, 6.45) is 2.77. The first-order chi connectivity index (χ1) is 9.51. The number of ether oxygens (including phenoxy) is 1. The van der Waals surface area contributed by atoms with Gasteiger partial charge in [0.15, 0.2) is 0 Å². The zero-order valence-electron chi connectivity index (χ0n) is 13.0. The molecule has 20 heavy (non-hydrogen) atoms. The smallest absolute Gasteiger partial charge is 0.119 e. The molecule has 0 aliphatic carbocycles. The Hall–Kier alpha value is -0.710. The first-order valence-corrected chi connectivity index (χ1v) is 8.42. The van der Waals surface area contributed by atoms with Crippen LogP contribution in [0, 0.1) is 13.8 Å². The SMILES string of the molecule is CSC(C)CCNCC(O)COc1cc(C)cc(C)c1. The molecule has 2 N–H and O–H groups in total. The number of thioether (sulfide) groups is 1. The molecule has 0 amide bonds. The molecule has 4 heteroatoms. The third-order valence-corrected chi connectivity index (χ3v) is 4.19. The van der Waals surface area contributed by atoms with E-state index in [2.05, 4.69) is 24.6 Å². The Morgan fingerprint density at radius 1 is 1.25 bits per heavy atom. The van der Waals surface area contributed by atoms with E-state index in [1.54, 1.807) is 0 Å². The zero-order chi connectivity index (χ0) is 15.0. The van der Waals surface area contributed by atoms with Crippen molar-refractivity contribution >= 4 is 11.8 Å². The molecule has 114 valence electrons. The molecule has 0 radical (unpaired) electrons. The summed E-state index contributed by atoms with van der Waals surface area (Å²) in [5, 5.41) is 13.8. The summed E-state index contributed by atoms with van der Waals surface area (Å²) in [6.45, 7) is 8.14. The summed E-state index contributed by atoms with van der Waals surface area (Å²) in [5.41, 5.74) is 2.36. The molecule has 1 aromatic rings. The minimum absolute atomic E-state index is 0.327. The fraction of sp³-hybridized carbons (Fsp3) is 0.625. The monoisotopic (exact) mass is 297 g/mol. The highest BCUT2D eigenvalue weighted by molar-refractivity contribution is 7.99. The summed E-state index contributed by atoms with van der Waals surface area (Å²) in [4.78, 5) is 0. The number of aliphatic hydroxyl groups excluding tert-OH is 1. The van der Waals surface area contributed by atoms with Crippen LogP contribution >= 0.6 is 11.8 Å². The maximum atomic E-state index is 9.88. The van der Waals surface area contributed by atoms with Crippen molar-refractivity contribution in [3.8, 4) is 5.75 Å². The summed E-state index contributed by atoms with van der Waals surface area (Å²) in [5.74, 6) is 0.831. The van der Waals surface area contributed by atoms with Gasteiger partial charge >= 0.3 is 0 Å². The van der Waals surface area contributed by atoms with Gasteiger partial charge < -0.3 is 15.2 Å². The fourth-order valence-electron chi connectivity index (χ4n) is 1.96.